The number of nitrogens with one attached hydrogen (secondary N) is 1. The molecule has 0 radical (unpaired) electrons. The molecule has 0 aliphatic rings. The van der Waals surface area contributed by atoms with Crippen molar-refractivity contribution in [1.82, 2.24) is 5.16 Å². The van der Waals surface area contributed by atoms with Crippen LogP contribution in [0, 0.1) is 0 Å². The normalized spacial score (nSPS) is 9.33. The molecule has 4 nitrogen and oxygen atoms in total. The van der Waals surface area contributed by atoms with Gasteiger partial charge in [0.15, 0.2) is 0 Å². The topological polar surface area (TPSA) is 55.1 Å². The molecule has 0 bridgehead atoms. The number of allylic oxidation sites excluding steroid dienone is 1. The van der Waals surface area contributed by atoms with Crippen molar-refractivity contribution in [2.75, 3.05) is 5.32 Å². The standard InChI is InChI=1S/C8H10N2O2/c1-2-3-4-7(11)10-8-5-6-9-12-8/h2,5-6H,1,3-4H2,(H,10,11). The first-order chi connectivity index (χ1) is 5.83. The van der Waals surface area contributed by atoms with Gasteiger partial charge in [-0.05, 0) is 6.42 Å². The van der Waals surface area contributed by atoms with Gasteiger partial charge >= 0.3 is 0 Å². The first-order valence-corrected chi connectivity index (χ1v) is 3.64. The number of hydrogen-bond acceptors (Lipinski definition) is 3. The van der Waals surface area contributed by atoms with Crippen molar-refractivity contribution in [3.05, 3.63) is 24.9 Å². The van der Waals surface area contributed by atoms with Gasteiger partial charge in [-0.25, -0.2) is 0 Å². The van der Waals surface area contributed by atoms with Gasteiger partial charge in [0.25, 0.3) is 0 Å². The molecule has 0 aliphatic carbocycles. The van der Waals surface area contributed by atoms with Crippen molar-refractivity contribution in [3.63, 3.8) is 0 Å². The Morgan fingerprint density at radius 1 is 1.83 bits per heavy atom. The van der Waals surface area contributed by atoms with Crippen molar-refractivity contribution < 1.29 is 9.32 Å². The maximum atomic E-state index is 11.0. The van der Waals surface area contributed by atoms with E-state index in [2.05, 4.69) is 21.6 Å². The zero-order valence-electron chi connectivity index (χ0n) is 6.62. The molecule has 1 rings (SSSR count). The number of aromatic nitrogens is 1. The van der Waals surface area contributed by atoms with Crippen LogP contribution in [0.4, 0.5) is 5.88 Å². The van der Waals surface area contributed by atoms with Gasteiger partial charge in [0.1, 0.15) is 0 Å². The van der Waals surface area contributed by atoms with Gasteiger partial charge < -0.3 is 4.52 Å². The van der Waals surface area contributed by atoms with Gasteiger partial charge in [-0.2, -0.15) is 0 Å². The summed E-state index contributed by atoms with van der Waals surface area (Å²) in [4.78, 5) is 11.0. The Kier molecular flexibility index (Phi) is 3.07. The average Bonchev–Trinajstić information content (AvgIpc) is 2.53. The second-order valence-electron chi connectivity index (χ2n) is 2.25. The number of carbonyl (C=O) groups excluding carboxylic acids is 1. The minimum absolute atomic E-state index is 0.0911. The number of anilines is 1. The van der Waals surface area contributed by atoms with Crippen LogP contribution in [0.5, 0.6) is 0 Å². The van der Waals surface area contributed by atoms with Gasteiger partial charge in [-0.3, -0.25) is 10.1 Å². The summed E-state index contributed by atoms with van der Waals surface area (Å²) in [5.74, 6) is 0.288. The molecule has 0 spiro atoms. The monoisotopic (exact) mass is 166 g/mol. The van der Waals surface area contributed by atoms with E-state index in [0.29, 0.717) is 18.7 Å². The molecule has 1 heterocycles. The number of nitrogens with zero attached hydrogens (tertiary/aromatic N) is 1. The fourth-order valence-corrected chi connectivity index (χ4v) is 0.713. The third kappa shape index (κ3) is 2.57. The van der Waals surface area contributed by atoms with Crippen molar-refractivity contribution in [2.45, 2.75) is 12.8 Å². The van der Waals surface area contributed by atoms with Gasteiger partial charge in [0.05, 0.1) is 6.20 Å². The average molecular weight is 166 g/mol. The van der Waals surface area contributed by atoms with Crippen LogP contribution in [0.1, 0.15) is 12.8 Å². The summed E-state index contributed by atoms with van der Waals surface area (Å²) in [5, 5.41) is 5.99. The number of rotatable bonds is 4. The van der Waals surface area contributed by atoms with Crippen LogP contribution in [0.3, 0.4) is 0 Å². The predicted octanol–water partition coefficient (Wildman–Crippen LogP) is 1.58. The summed E-state index contributed by atoms with van der Waals surface area (Å²) < 4.78 is 4.68. The third-order valence-electron chi connectivity index (χ3n) is 1.28. The highest BCUT2D eigenvalue weighted by Gasteiger charge is 2.02. The van der Waals surface area contributed by atoms with Crippen molar-refractivity contribution in [1.29, 1.82) is 0 Å². The molecule has 0 atom stereocenters. The Morgan fingerprint density at radius 2 is 2.67 bits per heavy atom. The molecule has 1 N–H and O–H groups in total. The molecule has 4 heteroatoms. The SMILES string of the molecule is C=CCCC(=O)Nc1ccno1. The lowest BCUT2D eigenvalue weighted by molar-refractivity contribution is -0.116. The lowest BCUT2D eigenvalue weighted by atomic mass is 10.3. The van der Waals surface area contributed by atoms with E-state index in [-0.39, 0.29) is 5.91 Å². The molecule has 0 aromatic carbocycles. The van der Waals surface area contributed by atoms with Gasteiger partial charge in [0, 0.05) is 12.5 Å². The first-order valence-electron chi connectivity index (χ1n) is 3.64. The summed E-state index contributed by atoms with van der Waals surface area (Å²) in [5.41, 5.74) is 0. The molecule has 0 saturated carbocycles. The number of carbonyl (C=O) groups is 1. The summed E-state index contributed by atoms with van der Waals surface area (Å²) >= 11 is 0. The minimum Gasteiger partial charge on any atom is -0.338 e. The molecule has 0 unspecified atom stereocenters. The maximum Gasteiger partial charge on any atom is 0.231 e. The number of amides is 1. The second kappa shape index (κ2) is 4.33. The van der Waals surface area contributed by atoms with Gasteiger partial charge in [-0.15, -0.1) is 6.58 Å². The van der Waals surface area contributed by atoms with Crippen molar-refractivity contribution >= 4 is 11.8 Å². The molecule has 12 heavy (non-hydrogen) atoms. The molecule has 0 saturated heterocycles. The Labute approximate surface area is 70.2 Å². The van der Waals surface area contributed by atoms with Crippen molar-refractivity contribution in [3.8, 4) is 0 Å². The quantitative estimate of drug-likeness (QED) is 0.691. The first kappa shape index (κ1) is 8.52. The maximum absolute atomic E-state index is 11.0. The third-order valence-corrected chi connectivity index (χ3v) is 1.28. The van der Waals surface area contributed by atoms with Crippen LogP contribution >= 0.6 is 0 Å². The smallest absolute Gasteiger partial charge is 0.231 e. The van der Waals surface area contributed by atoms with Gasteiger partial charge in [-0.1, -0.05) is 11.2 Å². The van der Waals surface area contributed by atoms with E-state index in [0.717, 1.165) is 0 Å². The second-order valence-corrected chi connectivity index (χ2v) is 2.25. The fraction of sp³-hybridized carbons (Fsp3) is 0.250. The fourth-order valence-electron chi connectivity index (χ4n) is 0.713. The van der Waals surface area contributed by atoms with E-state index < -0.39 is 0 Å². The minimum atomic E-state index is -0.0911. The molecular weight excluding hydrogens is 156 g/mol. The van der Waals surface area contributed by atoms with Crippen LogP contribution in [0.2, 0.25) is 0 Å². The summed E-state index contributed by atoms with van der Waals surface area (Å²) in [7, 11) is 0. The number of hydrogen-bond donors (Lipinski definition) is 1. The Morgan fingerprint density at radius 3 is 3.25 bits per heavy atom. The lowest BCUT2D eigenvalue weighted by Crippen LogP contribution is -2.09. The molecular formula is C8H10N2O2. The van der Waals surface area contributed by atoms with Gasteiger partial charge in [0.2, 0.25) is 11.8 Å². The van der Waals surface area contributed by atoms with Crippen LogP contribution in [-0.2, 0) is 4.79 Å². The van der Waals surface area contributed by atoms with E-state index in [1.165, 1.54) is 6.20 Å². The molecule has 1 aromatic heterocycles. The molecule has 1 aromatic rings. The Balaban J connectivity index is 2.32. The molecule has 0 fully saturated rings. The largest absolute Gasteiger partial charge is 0.338 e. The Hall–Kier alpha value is -1.58. The lowest BCUT2D eigenvalue weighted by Gasteiger charge is -1.96. The van der Waals surface area contributed by atoms with Crippen LogP contribution in [-0.4, -0.2) is 11.1 Å². The van der Waals surface area contributed by atoms with E-state index in [1.807, 2.05) is 0 Å². The van der Waals surface area contributed by atoms with Crippen LogP contribution in [0.25, 0.3) is 0 Å². The highest BCUT2D eigenvalue weighted by Crippen LogP contribution is 2.04. The molecule has 64 valence electrons. The van der Waals surface area contributed by atoms with Crippen LogP contribution in [0.15, 0.2) is 29.4 Å². The highest BCUT2D eigenvalue weighted by atomic mass is 16.5. The Bertz CT molecular complexity index is 254. The molecule has 1 amide bonds. The summed E-state index contributed by atoms with van der Waals surface area (Å²) in [6, 6.07) is 1.59. The van der Waals surface area contributed by atoms with E-state index >= 15 is 0 Å². The zero-order valence-corrected chi connectivity index (χ0v) is 6.62. The van der Waals surface area contributed by atoms with E-state index in [1.54, 1.807) is 12.1 Å². The zero-order chi connectivity index (χ0) is 8.81. The highest BCUT2D eigenvalue weighted by molar-refractivity contribution is 5.89. The summed E-state index contributed by atoms with van der Waals surface area (Å²) in [6.45, 7) is 3.51. The predicted molar refractivity (Wildman–Crippen MR) is 44.6 cm³/mol. The van der Waals surface area contributed by atoms with Crippen molar-refractivity contribution in [2.24, 2.45) is 0 Å². The molecule has 0 aliphatic heterocycles. The van der Waals surface area contributed by atoms with Crippen LogP contribution < -0.4 is 5.32 Å². The van der Waals surface area contributed by atoms with E-state index in [4.69, 9.17) is 0 Å². The summed E-state index contributed by atoms with van der Waals surface area (Å²) in [6.07, 6.45) is 4.26. The van der Waals surface area contributed by atoms with E-state index in [9.17, 15) is 4.79 Å².